The van der Waals surface area contributed by atoms with Crippen LogP contribution < -0.4 is 5.32 Å². The number of carboxylic acid groups (broad SMARTS) is 1. The average molecular weight is 317 g/mol. The monoisotopic (exact) mass is 317 g/mol. The van der Waals surface area contributed by atoms with Crippen LogP contribution in [0.15, 0.2) is 53.4 Å². The zero-order valence-electron chi connectivity index (χ0n) is 11.9. The van der Waals surface area contributed by atoms with Crippen molar-refractivity contribution in [3.63, 3.8) is 0 Å². The molecule has 0 spiro atoms. The smallest absolute Gasteiger partial charge is 0.307 e. The number of anilines is 1. The van der Waals surface area contributed by atoms with Gasteiger partial charge in [0.15, 0.2) is 0 Å². The van der Waals surface area contributed by atoms with Crippen LogP contribution in [0.3, 0.4) is 0 Å². The first-order valence-electron chi connectivity index (χ1n) is 6.51. The zero-order chi connectivity index (χ0) is 16.1. The quantitative estimate of drug-likeness (QED) is 0.886. The predicted octanol–water partition coefficient (Wildman–Crippen LogP) is 2.30. The van der Waals surface area contributed by atoms with Crippen LogP contribution in [0.2, 0.25) is 0 Å². The van der Waals surface area contributed by atoms with Crippen molar-refractivity contribution in [2.45, 2.75) is 11.3 Å². The summed E-state index contributed by atoms with van der Waals surface area (Å²) in [5.74, 6) is -1.23. The predicted molar refractivity (Wildman–Crippen MR) is 84.5 cm³/mol. The van der Waals surface area contributed by atoms with Gasteiger partial charge in [0, 0.05) is 33.2 Å². The third-order valence-corrected chi connectivity index (χ3v) is 3.92. The molecule has 0 heterocycles. The number of nitrogens with one attached hydrogen (secondary N) is 1. The first kappa shape index (κ1) is 15.9. The molecule has 2 N–H and O–H groups in total. The van der Waals surface area contributed by atoms with Crippen molar-refractivity contribution in [3.05, 3.63) is 59.7 Å². The molecule has 5 nitrogen and oxygen atoms in total. The summed E-state index contributed by atoms with van der Waals surface area (Å²) in [6.07, 6.45) is 1.48. The first-order valence-corrected chi connectivity index (χ1v) is 8.07. The fraction of sp³-hybridized carbons (Fsp3) is 0.125. The van der Waals surface area contributed by atoms with Crippen molar-refractivity contribution in [2.75, 3.05) is 11.6 Å². The number of carbonyl (C=O) groups excluding carboxylic acids is 1. The number of hydrogen-bond donors (Lipinski definition) is 2. The third-order valence-electron chi connectivity index (χ3n) is 2.99. The van der Waals surface area contributed by atoms with Gasteiger partial charge in [0.1, 0.15) is 0 Å². The lowest BCUT2D eigenvalue weighted by Gasteiger charge is -2.07. The number of benzene rings is 2. The van der Waals surface area contributed by atoms with Gasteiger partial charge >= 0.3 is 5.97 Å². The van der Waals surface area contributed by atoms with Crippen molar-refractivity contribution < 1.29 is 18.9 Å². The molecule has 0 bridgehead atoms. The minimum Gasteiger partial charge on any atom is -0.481 e. The van der Waals surface area contributed by atoms with Gasteiger partial charge in [-0.15, -0.1) is 0 Å². The van der Waals surface area contributed by atoms with Gasteiger partial charge in [-0.25, -0.2) is 0 Å². The van der Waals surface area contributed by atoms with Crippen LogP contribution >= 0.6 is 0 Å². The van der Waals surface area contributed by atoms with E-state index in [2.05, 4.69) is 5.32 Å². The summed E-state index contributed by atoms with van der Waals surface area (Å²) in [4.78, 5) is 23.5. The lowest BCUT2D eigenvalue weighted by atomic mass is 10.1. The Bertz CT molecular complexity index is 725. The third kappa shape index (κ3) is 4.26. The van der Waals surface area contributed by atoms with Crippen LogP contribution in [0.25, 0.3) is 0 Å². The summed E-state index contributed by atoms with van der Waals surface area (Å²) in [5, 5.41) is 11.5. The van der Waals surface area contributed by atoms with Crippen molar-refractivity contribution in [2.24, 2.45) is 0 Å². The van der Waals surface area contributed by atoms with Crippen LogP contribution in [-0.2, 0) is 22.0 Å². The highest BCUT2D eigenvalue weighted by molar-refractivity contribution is 7.84. The summed E-state index contributed by atoms with van der Waals surface area (Å²) < 4.78 is 11.3. The van der Waals surface area contributed by atoms with Gasteiger partial charge in [-0.1, -0.05) is 12.1 Å². The summed E-state index contributed by atoms with van der Waals surface area (Å²) in [7, 11) is -1.08. The lowest BCUT2D eigenvalue weighted by Crippen LogP contribution is -2.12. The molecule has 0 aliphatic rings. The Kier molecular flexibility index (Phi) is 5.06. The molecule has 0 aliphatic carbocycles. The van der Waals surface area contributed by atoms with E-state index < -0.39 is 16.8 Å². The number of hydrogen-bond acceptors (Lipinski definition) is 3. The van der Waals surface area contributed by atoms with Gasteiger partial charge in [-0.05, 0) is 42.0 Å². The molecule has 22 heavy (non-hydrogen) atoms. The van der Waals surface area contributed by atoms with Gasteiger partial charge in [0.2, 0.25) is 0 Å². The topological polar surface area (TPSA) is 83.5 Å². The van der Waals surface area contributed by atoms with Crippen LogP contribution in [0.1, 0.15) is 15.9 Å². The first-order chi connectivity index (χ1) is 10.5. The van der Waals surface area contributed by atoms with Crippen molar-refractivity contribution >= 4 is 28.4 Å². The highest BCUT2D eigenvalue weighted by atomic mass is 32.2. The van der Waals surface area contributed by atoms with Gasteiger partial charge in [0.25, 0.3) is 5.91 Å². The van der Waals surface area contributed by atoms with E-state index in [9.17, 15) is 13.8 Å². The Morgan fingerprint density at radius 3 is 2.41 bits per heavy atom. The minimum atomic E-state index is -1.08. The maximum absolute atomic E-state index is 12.1. The molecule has 1 unspecified atom stereocenters. The number of carboxylic acids is 1. The van der Waals surface area contributed by atoms with E-state index in [0.717, 1.165) is 0 Å². The maximum Gasteiger partial charge on any atom is 0.307 e. The lowest BCUT2D eigenvalue weighted by molar-refractivity contribution is -0.136. The molecule has 0 radical (unpaired) electrons. The molecule has 114 valence electrons. The average Bonchev–Trinajstić information content (AvgIpc) is 2.47. The molecule has 0 fully saturated rings. The molecule has 1 amide bonds. The van der Waals surface area contributed by atoms with E-state index >= 15 is 0 Å². The largest absolute Gasteiger partial charge is 0.481 e. The Labute approximate surface area is 130 Å². The van der Waals surface area contributed by atoms with Crippen molar-refractivity contribution in [3.8, 4) is 0 Å². The highest BCUT2D eigenvalue weighted by Gasteiger charge is 2.08. The summed E-state index contributed by atoms with van der Waals surface area (Å²) >= 11 is 0. The minimum absolute atomic E-state index is 0.0965. The molecule has 1 atom stereocenters. The van der Waals surface area contributed by atoms with Gasteiger partial charge in [-0.2, -0.15) is 0 Å². The number of aliphatic carboxylic acids is 1. The number of carbonyl (C=O) groups is 2. The molecule has 2 aromatic carbocycles. The van der Waals surface area contributed by atoms with E-state index in [1.54, 1.807) is 54.8 Å². The van der Waals surface area contributed by atoms with Gasteiger partial charge in [0.05, 0.1) is 6.42 Å². The number of rotatable bonds is 5. The zero-order valence-corrected chi connectivity index (χ0v) is 12.7. The molecule has 2 aromatic rings. The Hall–Kier alpha value is -2.47. The second-order valence-electron chi connectivity index (χ2n) is 4.70. The maximum atomic E-state index is 12.1. The molecule has 0 aliphatic heterocycles. The van der Waals surface area contributed by atoms with Crippen LogP contribution in [-0.4, -0.2) is 27.4 Å². The second kappa shape index (κ2) is 7.00. The SMILES string of the molecule is CS(=O)c1ccc(C(=O)Nc2cccc(CC(=O)O)c2)cc1. The van der Waals surface area contributed by atoms with E-state index in [1.165, 1.54) is 0 Å². The van der Waals surface area contributed by atoms with Crippen molar-refractivity contribution in [1.29, 1.82) is 0 Å². The molecular weight excluding hydrogens is 302 g/mol. The highest BCUT2D eigenvalue weighted by Crippen LogP contribution is 2.14. The molecule has 2 rings (SSSR count). The molecular formula is C16H15NO4S. The van der Waals surface area contributed by atoms with Crippen molar-refractivity contribution in [1.82, 2.24) is 0 Å². The molecule has 0 aromatic heterocycles. The van der Waals surface area contributed by atoms with E-state index in [4.69, 9.17) is 5.11 Å². The fourth-order valence-electron chi connectivity index (χ4n) is 1.93. The standard InChI is InChI=1S/C16H15NO4S/c1-22(21)14-7-5-12(6-8-14)16(20)17-13-4-2-3-11(9-13)10-15(18)19/h2-9H,10H2,1H3,(H,17,20)(H,18,19). The Morgan fingerprint density at radius 1 is 1.14 bits per heavy atom. The van der Waals surface area contributed by atoms with E-state index in [-0.39, 0.29) is 12.3 Å². The van der Waals surface area contributed by atoms with E-state index in [0.29, 0.717) is 21.7 Å². The summed E-state index contributed by atoms with van der Waals surface area (Å²) in [6, 6.07) is 13.2. The molecule has 6 heteroatoms. The second-order valence-corrected chi connectivity index (χ2v) is 6.08. The number of amides is 1. The molecule has 0 saturated carbocycles. The van der Waals surface area contributed by atoms with Gasteiger partial charge in [-0.3, -0.25) is 13.8 Å². The van der Waals surface area contributed by atoms with Gasteiger partial charge < -0.3 is 10.4 Å². The molecule has 0 saturated heterocycles. The normalized spacial score (nSPS) is 11.7. The Balaban J connectivity index is 2.11. The van der Waals surface area contributed by atoms with Crippen LogP contribution in [0.4, 0.5) is 5.69 Å². The van der Waals surface area contributed by atoms with Crippen LogP contribution in [0.5, 0.6) is 0 Å². The summed E-state index contributed by atoms with van der Waals surface area (Å²) in [5.41, 5.74) is 1.59. The summed E-state index contributed by atoms with van der Waals surface area (Å²) in [6.45, 7) is 0. The van der Waals surface area contributed by atoms with E-state index in [1.807, 2.05) is 0 Å². The van der Waals surface area contributed by atoms with Crippen LogP contribution in [0, 0.1) is 0 Å². The Morgan fingerprint density at radius 2 is 1.82 bits per heavy atom. The fourth-order valence-corrected chi connectivity index (χ4v) is 2.45.